The molecule has 0 saturated heterocycles. The topological polar surface area (TPSA) is 42.0 Å². The molecule has 0 saturated carbocycles. The van der Waals surface area contributed by atoms with E-state index in [1.54, 1.807) is 24.5 Å². The molecule has 1 amide bonds. The van der Waals surface area contributed by atoms with Crippen LogP contribution in [-0.2, 0) is 11.2 Å². The van der Waals surface area contributed by atoms with Crippen molar-refractivity contribution in [2.75, 3.05) is 5.32 Å². The van der Waals surface area contributed by atoms with Crippen LogP contribution in [-0.4, -0.2) is 10.9 Å². The lowest BCUT2D eigenvalue weighted by Crippen LogP contribution is -2.14. The quantitative estimate of drug-likeness (QED) is 0.935. The number of anilines is 1. The molecule has 1 heterocycles. The van der Waals surface area contributed by atoms with Crippen LogP contribution in [0.15, 0.2) is 47.2 Å². The highest BCUT2D eigenvalue weighted by Gasteiger charge is 2.07. The van der Waals surface area contributed by atoms with Crippen molar-refractivity contribution < 1.29 is 4.79 Å². The Balaban J connectivity index is 2.03. The van der Waals surface area contributed by atoms with Crippen LogP contribution in [0.25, 0.3) is 0 Å². The summed E-state index contributed by atoms with van der Waals surface area (Å²) in [4.78, 5) is 15.8. The van der Waals surface area contributed by atoms with Gasteiger partial charge in [0, 0.05) is 15.7 Å². The Bertz CT molecular complexity index is 574. The summed E-state index contributed by atoms with van der Waals surface area (Å²) < 4.78 is 0.818. The highest BCUT2D eigenvalue weighted by molar-refractivity contribution is 9.10. The molecular weight excluding hydrogens is 316 g/mol. The molecule has 3 nitrogen and oxygen atoms in total. The third-order valence-corrected chi connectivity index (χ3v) is 3.10. The van der Waals surface area contributed by atoms with Gasteiger partial charge < -0.3 is 5.32 Å². The lowest BCUT2D eigenvalue weighted by atomic mass is 10.1. The Morgan fingerprint density at radius 2 is 2.11 bits per heavy atom. The van der Waals surface area contributed by atoms with Gasteiger partial charge in [0.1, 0.15) is 0 Å². The number of nitrogens with one attached hydrogen (secondary N) is 1. The second-order valence-corrected chi connectivity index (χ2v) is 5.03. The minimum atomic E-state index is -0.122. The first-order chi connectivity index (χ1) is 8.65. The molecule has 0 spiro atoms. The summed E-state index contributed by atoms with van der Waals surface area (Å²) in [5.41, 5.74) is 1.46. The molecular formula is C13H10BrClN2O. The van der Waals surface area contributed by atoms with Gasteiger partial charge in [0.15, 0.2) is 0 Å². The summed E-state index contributed by atoms with van der Waals surface area (Å²) in [6.07, 6.45) is 3.49. The van der Waals surface area contributed by atoms with Gasteiger partial charge in [-0.3, -0.25) is 9.78 Å². The minimum Gasteiger partial charge on any atom is -0.324 e. The number of carbonyl (C=O) groups is 1. The Morgan fingerprint density at radius 3 is 2.83 bits per heavy atom. The Hall–Kier alpha value is -1.39. The van der Waals surface area contributed by atoms with Gasteiger partial charge in [0.05, 0.1) is 18.3 Å². The van der Waals surface area contributed by atoms with E-state index in [2.05, 4.69) is 26.2 Å². The van der Waals surface area contributed by atoms with Crippen LogP contribution < -0.4 is 5.32 Å². The molecule has 0 aliphatic heterocycles. The second-order valence-electron chi connectivity index (χ2n) is 3.71. The fourth-order valence-electron chi connectivity index (χ4n) is 1.50. The van der Waals surface area contributed by atoms with Crippen molar-refractivity contribution in [3.8, 4) is 0 Å². The Labute approximate surface area is 118 Å². The zero-order valence-corrected chi connectivity index (χ0v) is 11.7. The maximum absolute atomic E-state index is 11.8. The van der Waals surface area contributed by atoms with E-state index < -0.39 is 0 Å². The minimum absolute atomic E-state index is 0.122. The largest absolute Gasteiger partial charge is 0.324 e. The van der Waals surface area contributed by atoms with E-state index in [4.69, 9.17) is 11.6 Å². The normalized spacial score (nSPS) is 10.1. The summed E-state index contributed by atoms with van der Waals surface area (Å²) in [6, 6.07) is 9.08. The number of nitrogens with zero attached hydrogens (tertiary/aromatic N) is 1. The standard InChI is InChI=1S/C13H10BrClN2O/c14-10-6-11(8-16-7-10)17-13(18)5-9-3-1-2-4-12(9)15/h1-4,6-8H,5H2,(H,17,18). The van der Waals surface area contributed by atoms with E-state index in [1.165, 1.54) is 0 Å². The zero-order valence-electron chi connectivity index (χ0n) is 9.36. The van der Waals surface area contributed by atoms with Gasteiger partial charge in [-0.1, -0.05) is 29.8 Å². The molecule has 1 aromatic heterocycles. The lowest BCUT2D eigenvalue weighted by molar-refractivity contribution is -0.115. The van der Waals surface area contributed by atoms with Gasteiger partial charge in [-0.2, -0.15) is 0 Å². The van der Waals surface area contributed by atoms with Crippen LogP contribution in [0, 0.1) is 0 Å². The van der Waals surface area contributed by atoms with Crippen LogP contribution in [0.4, 0.5) is 5.69 Å². The molecule has 92 valence electrons. The van der Waals surface area contributed by atoms with Crippen molar-refractivity contribution in [2.24, 2.45) is 0 Å². The molecule has 1 N–H and O–H groups in total. The van der Waals surface area contributed by atoms with Crippen LogP contribution in [0.5, 0.6) is 0 Å². The van der Waals surface area contributed by atoms with E-state index in [0.717, 1.165) is 10.0 Å². The van der Waals surface area contributed by atoms with Crippen molar-refractivity contribution in [2.45, 2.75) is 6.42 Å². The predicted octanol–water partition coefficient (Wildman–Crippen LogP) is 3.68. The monoisotopic (exact) mass is 324 g/mol. The van der Waals surface area contributed by atoms with Crippen LogP contribution in [0.2, 0.25) is 5.02 Å². The van der Waals surface area contributed by atoms with Gasteiger partial charge in [0.2, 0.25) is 5.91 Å². The zero-order chi connectivity index (χ0) is 13.0. The number of pyridine rings is 1. The van der Waals surface area contributed by atoms with Crippen LogP contribution >= 0.6 is 27.5 Å². The van der Waals surface area contributed by atoms with Crippen LogP contribution in [0.1, 0.15) is 5.56 Å². The fourth-order valence-corrected chi connectivity index (χ4v) is 2.07. The first-order valence-electron chi connectivity index (χ1n) is 5.29. The lowest BCUT2D eigenvalue weighted by Gasteiger charge is -2.06. The molecule has 5 heteroatoms. The van der Waals surface area contributed by atoms with Crippen molar-refractivity contribution in [3.63, 3.8) is 0 Å². The summed E-state index contributed by atoms with van der Waals surface area (Å²) >= 11 is 9.29. The molecule has 0 aliphatic carbocycles. The number of amides is 1. The number of halogens is 2. The van der Waals surface area contributed by atoms with E-state index in [0.29, 0.717) is 10.7 Å². The number of carbonyl (C=O) groups excluding carboxylic acids is 1. The summed E-state index contributed by atoms with van der Waals surface area (Å²) in [5, 5.41) is 3.37. The molecule has 0 aliphatic rings. The van der Waals surface area contributed by atoms with Gasteiger partial charge in [0.25, 0.3) is 0 Å². The second kappa shape index (κ2) is 5.98. The number of hydrogen-bond donors (Lipinski definition) is 1. The molecule has 0 bridgehead atoms. The van der Waals surface area contributed by atoms with Gasteiger partial charge in [-0.25, -0.2) is 0 Å². The number of aromatic nitrogens is 1. The van der Waals surface area contributed by atoms with E-state index >= 15 is 0 Å². The fraction of sp³-hybridized carbons (Fsp3) is 0.0769. The first-order valence-corrected chi connectivity index (χ1v) is 6.46. The van der Waals surface area contributed by atoms with E-state index in [9.17, 15) is 4.79 Å². The average molecular weight is 326 g/mol. The molecule has 0 atom stereocenters. The number of rotatable bonds is 3. The van der Waals surface area contributed by atoms with Gasteiger partial charge >= 0.3 is 0 Å². The highest BCUT2D eigenvalue weighted by Crippen LogP contribution is 2.17. The SMILES string of the molecule is O=C(Cc1ccccc1Cl)Nc1cncc(Br)c1. The van der Waals surface area contributed by atoms with Crippen molar-refractivity contribution in [1.29, 1.82) is 0 Å². The van der Waals surface area contributed by atoms with Crippen molar-refractivity contribution in [1.82, 2.24) is 4.98 Å². The maximum Gasteiger partial charge on any atom is 0.228 e. The maximum atomic E-state index is 11.8. The summed E-state index contributed by atoms with van der Waals surface area (Å²) in [6.45, 7) is 0. The van der Waals surface area contributed by atoms with Crippen LogP contribution in [0.3, 0.4) is 0 Å². The summed E-state index contributed by atoms with van der Waals surface area (Å²) in [7, 11) is 0. The molecule has 18 heavy (non-hydrogen) atoms. The molecule has 0 fully saturated rings. The molecule has 0 radical (unpaired) electrons. The van der Waals surface area contributed by atoms with Gasteiger partial charge in [-0.05, 0) is 33.6 Å². The molecule has 1 aromatic carbocycles. The third kappa shape index (κ3) is 3.55. The first kappa shape index (κ1) is 13.1. The van der Waals surface area contributed by atoms with Crippen molar-refractivity contribution in [3.05, 3.63) is 57.8 Å². The Morgan fingerprint density at radius 1 is 1.33 bits per heavy atom. The third-order valence-electron chi connectivity index (χ3n) is 2.30. The number of benzene rings is 1. The molecule has 0 unspecified atom stereocenters. The number of hydrogen-bond acceptors (Lipinski definition) is 2. The average Bonchev–Trinajstić information content (AvgIpc) is 2.32. The summed E-state index contributed by atoms with van der Waals surface area (Å²) in [5.74, 6) is -0.122. The van der Waals surface area contributed by atoms with Gasteiger partial charge in [-0.15, -0.1) is 0 Å². The molecule has 2 rings (SSSR count). The van der Waals surface area contributed by atoms with E-state index in [-0.39, 0.29) is 12.3 Å². The highest BCUT2D eigenvalue weighted by atomic mass is 79.9. The smallest absolute Gasteiger partial charge is 0.228 e. The van der Waals surface area contributed by atoms with Crippen molar-refractivity contribution >= 4 is 39.1 Å². The molecule has 2 aromatic rings. The van der Waals surface area contributed by atoms with E-state index in [1.807, 2.05) is 18.2 Å². The Kier molecular flexibility index (Phi) is 4.33. The predicted molar refractivity (Wildman–Crippen MR) is 75.7 cm³/mol.